The molecule has 0 unspecified atom stereocenters. The third-order valence-electron chi connectivity index (χ3n) is 6.83. The second kappa shape index (κ2) is 9.74. The van der Waals surface area contributed by atoms with Gasteiger partial charge >= 0.3 is 6.09 Å². The molecule has 3 aromatic heterocycles. The van der Waals surface area contributed by atoms with Gasteiger partial charge in [0.25, 0.3) is 5.56 Å². The van der Waals surface area contributed by atoms with Gasteiger partial charge < -0.3 is 19.2 Å². The molecular weight excluding hydrogens is 466 g/mol. The number of aromatic nitrogens is 3. The minimum Gasteiger partial charge on any atom is -0.444 e. The number of ether oxygens (including phenoxy) is 1. The zero-order valence-corrected chi connectivity index (χ0v) is 21.5. The Bertz CT molecular complexity index is 1570. The van der Waals surface area contributed by atoms with E-state index in [0.717, 1.165) is 35.0 Å². The fourth-order valence-electron chi connectivity index (χ4n) is 4.76. The lowest BCUT2D eigenvalue weighted by atomic mass is 9.85. The average molecular weight is 498 g/mol. The van der Waals surface area contributed by atoms with Gasteiger partial charge in [-0.2, -0.15) is 5.26 Å². The van der Waals surface area contributed by atoms with E-state index < -0.39 is 5.60 Å². The van der Waals surface area contributed by atoms with Crippen LogP contribution in [-0.2, 0) is 17.8 Å². The van der Waals surface area contributed by atoms with Crippen molar-refractivity contribution in [2.75, 3.05) is 6.54 Å². The fourth-order valence-corrected chi connectivity index (χ4v) is 4.76. The molecule has 1 fully saturated rings. The molecule has 1 N–H and O–H groups in total. The second-order valence-electron chi connectivity index (χ2n) is 10.9. The SMILES string of the molecule is CC(C)(C)OC(=O)N(Cc1cc2ccc(Cn3ccc4c(C#N)cncc4c3=O)cc2[nH]1)CC1CCC1. The minimum atomic E-state index is -0.544. The summed E-state index contributed by atoms with van der Waals surface area (Å²) in [4.78, 5) is 35.2. The van der Waals surface area contributed by atoms with Crippen LogP contribution in [0.5, 0.6) is 0 Å². The van der Waals surface area contributed by atoms with Crippen LogP contribution in [0.4, 0.5) is 4.79 Å². The normalized spacial score (nSPS) is 13.9. The maximum atomic E-state index is 13.0. The number of pyridine rings is 2. The van der Waals surface area contributed by atoms with Gasteiger partial charge in [0.15, 0.2) is 0 Å². The first-order valence-electron chi connectivity index (χ1n) is 12.7. The van der Waals surface area contributed by atoms with Gasteiger partial charge in [0, 0.05) is 41.7 Å². The maximum absolute atomic E-state index is 13.0. The van der Waals surface area contributed by atoms with Crippen molar-refractivity contribution in [1.29, 1.82) is 5.26 Å². The van der Waals surface area contributed by atoms with Crippen LogP contribution in [0.1, 0.15) is 56.9 Å². The van der Waals surface area contributed by atoms with Crippen LogP contribution in [0.25, 0.3) is 21.7 Å². The van der Waals surface area contributed by atoms with Gasteiger partial charge in [-0.05, 0) is 68.7 Å². The van der Waals surface area contributed by atoms with Gasteiger partial charge in [-0.25, -0.2) is 4.79 Å². The molecule has 1 aliphatic rings. The molecule has 3 heterocycles. The summed E-state index contributed by atoms with van der Waals surface area (Å²) in [6, 6.07) is 12.0. The molecule has 190 valence electrons. The molecule has 1 saturated carbocycles. The number of carbonyl (C=O) groups is 1. The quantitative estimate of drug-likeness (QED) is 0.387. The summed E-state index contributed by atoms with van der Waals surface area (Å²) in [6.45, 7) is 7.20. The van der Waals surface area contributed by atoms with E-state index in [-0.39, 0.29) is 11.7 Å². The number of amides is 1. The molecular formula is C29H31N5O3. The Hall–Kier alpha value is -4.12. The van der Waals surface area contributed by atoms with Gasteiger partial charge in [0.1, 0.15) is 11.7 Å². The largest absolute Gasteiger partial charge is 0.444 e. The lowest BCUT2D eigenvalue weighted by Crippen LogP contribution is -2.40. The Balaban J connectivity index is 1.37. The van der Waals surface area contributed by atoms with Crippen LogP contribution in [0.15, 0.2) is 53.7 Å². The third-order valence-corrected chi connectivity index (χ3v) is 6.83. The number of nitriles is 1. The molecule has 0 saturated heterocycles. The van der Waals surface area contributed by atoms with E-state index in [1.165, 1.54) is 18.8 Å². The summed E-state index contributed by atoms with van der Waals surface area (Å²) in [6.07, 6.45) is 7.93. The lowest BCUT2D eigenvalue weighted by molar-refractivity contribution is 0.0171. The van der Waals surface area contributed by atoms with E-state index >= 15 is 0 Å². The van der Waals surface area contributed by atoms with Crippen molar-refractivity contribution in [3.63, 3.8) is 0 Å². The third kappa shape index (κ3) is 5.36. The first-order chi connectivity index (χ1) is 17.7. The highest BCUT2D eigenvalue weighted by Crippen LogP contribution is 2.29. The number of H-pyrrole nitrogens is 1. The van der Waals surface area contributed by atoms with Gasteiger partial charge in [0.05, 0.1) is 24.0 Å². The Kier molecular flexibility index (Phi) is 6.46. The first kappa shape index (κ1) is 24.6. The highest BCUT2D eigenvalue weighted by molar-refractivity contribution is 5.86. The predicted molar refractivity (Wildman–Crippen MR) is 142 cm³/mol. The number of aromatic amines is 1. The summed E-state index contributed by atoms with van der Waals surface area (Å²) in [5, 5.41) is 11.4. The molecule has 1 aromatic carbocycles. The van der Waals surface area contributed by atoms with Crippen molar-refractivity contribution in [3.05, 3.63) is 76.1 Å². The second-order valence-corrected chi connectivity index (χ2v) is 10.9. The van der Waals surface area contributed by atoms with E-state index in [0.29, 0.717) is 41.9 Å². The Labute approximate surface area is 215 Å². The molecule has 0 radical (unpaired) electrons. The standard InChI is InChI=1S/C29H31N5O3/c1-29(2,3)37-28(36)34(16-19-5-4-6-19)18-23-12-21-8-7-20(11-26(21)32-23)17-33-10-9-24-22(13-30)14-31-15-25(24)27(33)35/h7-12,14-15,19,32H,4-6,16-18H2,1-3H3. The van der Waals surface area contributed by atoms with Gasteiger partial charge in [0.2, 0.25) is 0 Å². The summed E-state index contributed by atoms with van der Waals surface area (Å²) in [7, 11) is 0. The van der Waals surface area contributed by atoms with Crippen molar-refractivity contribution in [2.24, 2.45) is 5.92 Å². The molecule has 37 heavy (non-hydrogen) atoms. The van der Waals surface area contributed by atoms with Crippen LogP contribution in [0.3, 0.4) is 0 Å². The van der Waals surface area contributed by atoms with E-state index in [1.807, 2.05) is 39.0 Å². The number of fused-ring (bicyclic) bond motifs is 2. The lowest BCUT2D eigenvalue weighted by Gasteiger charge is -2.33. The Morgan fingerprint density at radius 2 is 2.03 bits per heavy atom. The number of rotatable bonds is 6. The molecule has 1 amide bonds. The molecule has 0 bridgehead atoms. The topological polar surface area (TPSA) is 104 Å². The number of hydrogen-bond donors (Lipinski definition) is 1. The number of nitrogens with zero attached hydrogens (tertiary/aromatic N) is 4. The molecule has 0 atom stereocenters. The van der Waals surface area contributed by atoms with Crippen LogP contribution >= 0.6 is 0 Å². The van der Waals surface area contributed by atoms with Gasteiger partial charge in [-0.15, -0.1) is 0 Å². The smallest absolute Gasteiger partial charge is 0.410 e. The van der Waals surface area contributed by atoms with E-state index in [1.54, 1.807) is 21.7 Å². The zero-order valence-electron chi connectivity index (χ0n) is 21.5. The van der Waals surface area contributed by atoms with Crippen molar-refractivity contribution in [3.8, 4) is 6.07 Å². The van der Waals surface area contributed by atoms with Crippen molar-refractivity contribution < 1.29 is 9.53 Å². The molecule has 1 aliphatic carbocycles. The minimum absolute atomic E-state index is 0.182. The van der Waals surface area contributed by atoms with Crippen molar-refractivity contribution >= 4 is 27.8 Å². The van der Waals surface area contributed by atoms with Crippen LogP contribution in [0, 0.1) is 17.2 Å². The number of nitrogens with one attached hydrogen (secondary N) is 1. The zero-order chi connectivity index (χ0) is 26.2. The van der Waals surface area contributed by atoms with E-state index in [4.69, 9.17) is 4.74 Å². The fraction of sp³-hybridized carbons (Fsp3) is 0.379. The van der Waals surface area contributed by atoms with Crippen LogP contribution in [-0.4, -0.2) is 37.7 Å². The summed E-state index contributed by atoms with van der Waals surface area (Å²) < 4.78 is 7.30. The number of benzene rings is 1. The van der Waals surface area contributed by atoms with Gasteiger partial charge in [-0.1, -0.05) is 18.6 Å². The van der Waals surface area contributed by atoms with Crippen molar-refractivity contribution in [2.45, 2.75) is 58.7 Å². The first-order valence-corrected chi connectivity index (χ1v) is 12.7. The Morgan fingerprint density at radius 3 is 2.73 bits per heavy atom. The summed E-state index contributed by atoms with van der Waals surface area (Å²) in [5.74, 6) is 0.531. The summed E-state index contributed by atoms with van der Waals surface area (Å²) >= 11 is 0. The van der Waals surface area contributed by atoms with Crippen molar-refractivity contribution in [1.82, 2.24) is 19.4 Å². The van der Waals surface area contributed by atoms with Crippen LogP contribution in [0.2, 0.25) is 0 Å². The van der Waals surface area contributed by atoms with Crippen LogP contribution < -0.4 is 5.56 Å². The van der Waals surface area contributed by atoms with E-state index in [2.05, 4.69) is 22.1 Å². The number of hydrogen-bond acceptors (Lipinski definition) is 5. The molecule has 8 heteroatoms. The van der Waals surface area contributed by atoms with E-state index in [9.17, 15) is 14.9 Å². The molecule has 0 aliphatic heterocycles. The number of carbonyl (C=O) groups excluding carboxylic acids is 1. The molecule has 8 nitrogen and oxygen atoms in total. The molecule has 0 spiro atoms. The predicted octanol–water partition coefficient (Wildman–Crippen LogP) is 5.33. The highest BCUT2D eigenvalue weighted by atomic mass is 16.6. The monoisotopic (exact) mass is 497 g/mol. The summed E-state index contributed by atoms with van der Waals surface area (Å²) in [5.41, 5.74) is 2.51. The van der Waals surface area contributed by atoms with Gasteiger partial charge in [-0.3, -0.25) is 9.78 Å². The average Bonchev–Trinajstić information content (AvgIpc) is 3.22. The molecule has 4 aromatic rings. The Morgan fingerprint density at radius 1 is 1.22 bits per heavy atom. The molecule has 5 rings (SSSR count). The highest BCUT2D eigenvalue weighted by Gasteiger charge is 2.27. The maximum Gasteiger partial charge on any atom is 0.410 e.